The van der Waals surface area contributed by atoms with Gasteiger partial charge in [0, 0.05) is 12.1 Å². The maximum Gasteiger partial charge on any atom is 0.338 e. The second-order valence-corrected chi connectivity index (χ2v) is 6.11. The number of carbonyl (C=O) groups is 2. The molecule has 1 heterocycles. The predicted octanol–water partition coefficient (Wildman–Crippen LogP) is 2.53. The first-order valence-corrected chi connectivity index (χ1v) is 7.17. The van der Waals surface area contributed by atoms with Crippen molar-refractivity contribution in [2.24, 2.45) is 17.8 Å². The van der Waals surface area contributed by atoms with E-state index in [1.54, 1.807) is 0 Å². The third-order valence-electron chi connectivity index (χ3n) is 4.86. The van der Waals surface area contributed by atoms with Crippen LogP contribution in [-0.4, -0.2) is 23.0 Å². The average molecular weight is 277 g/mol. The Bertz CT molecular complexity index is 536. The lowest BCUT2D eigenvalue weighted by Crippen LogP contribution is -2.40. The summed E-state index contributed by atoms with van der Waals surface area (Å²) in [4.78, 5) is 22.8. The summed E-state index contributed by atoms with van der Waals surface area (Å²) in [5.41, 5.74) is 0.00252. The van der Waals surface area contributed by atoms with Gasteiger partial charge in [0.25, 0.3) is 5.91 Å². The van der Waals surface area contributed by atoms with E-state index in [9.17, 15) is 9.59 Å². The topological polar surface area (TPSA) is 79.5 Å². The van der Waals surface area contributed by atoms with Crippen molar-refractivity contribution in [1.29, 1.82) is 0 Å². The summed E-state index contributed by atoms with van der Waals surface area (Å²) >= 11 is 0. The largest absolute Gasteiger partial charge is 0.478 e. The first kappa shape index (κ1) is 13.2. The van der Waals surface area contributed by atoms with Gasteiger partial charge in [0.2, 0.25) is 0 Å². The number of carboxylic acids is 1. The van der Waals surface area contributed by atoms with Gasteiger partial charge >= 0.3 is 5.97 Å². The molecule has 5 nitrogen and oxygen atoms in total. The molecule has 2 bridgehead atoms. The highest BCUT2D eigenvalue weighted by Crippen LogP contribution is 2.49. The fourth-order valence-electron chi connectivity index (χ4n) is 3.86. The van der Waals surface area contributed by atoms with Gasteiger partial charge in [0.05, 0.1) is 5.56 Å². The van der Waals surface area contributed by atoms with Crippen molar-refractivity contribution in [2.75, 3.05) is 0 Å². The van der Waals surface area contributed by atoms with E-state index < -0.39 is 5.97 Å². The molecule has 108 valence electrons. The van der Waals surface area contributed by atoms with Crippen molar-refractivity contribution in [3.63, 3.8) is 0 Å². The first-order chi connectivity index (χ1) is 9.54. The van der Waals surface area contributed by atoms with Crippen LogP contribution in [0, 0.1) is 17.8 Å². The van der Waals surface area contributed by atoms with E-state index >= 15 is 0 Å². The van der Waals surface area contributed by atoms with Gasteiger partial charge in [-0.3, -0.25) is 4.79 Å². The van der Waals surface area contributed by atoms with Gasteiger partial charge in [-0.1, -0.05) is 6.42 Å². The van der Waals surface area contributed by atoms with E-state index in [4.69, 9.17) is 9.52 Å². The monoisotopic (exact) mass is 277 g/mol. The van der Waals surface area contributed by atoms with E-state index in [1.807, 2.05) is 6.92 Å². The van der Waals surface area contributed by atoms with Crippen molar-refractivity contribution in [2.45, 2.75) is 38.6 Å². The summed E-state index contributed by atoms with van der Waals surface area (Å²) in [6, 6.07) is 1.38. The zero-order chi connectivity index (χ0) is 14.3. The fourth-order valence-corrected chi connectivity index (χ4v) is 3.86. The van der Waals surface area contributed by atoms with E-state index in [0.717, 1.165) is 18.1 Å². The molecule has 0 aromatic carbocycles. The van der Waals surface area contributed by atoms with Gasteiger partial charge in [-0.05, 0) is 43.9 Å². The fraction of sp³-hybridized carbons (Fsp3) is 0.600. The molecule has 2 saturated carbocycles. The van der Waals surface area contributed by atoms with Crippen molar-refractivity contribution >= 4 is 11.9 Å². The normalized spacial score (nSPS) is 29.4. The number of hydrogen-bond acceptors (Lipinski definition) is 3. The molecule has 1 aromatic heterocycles. The lowest BCUT2D eigenvalue weighted by atomic mass is 9.84. The molecule has 2 N–H and O–H groups in total. The van der Waals surface area contributed by atoms with Gasteiger partial charge in [-0.2, -0.15) is 0 Å². The average Bonchev–Trinajstić information content (AvgIpc) is 3.14. The molecule has 0 aliphatic heterocycles. The Labute approximate surface area is 117 Å². The number of amides is 1. The van der Waals surface area contributed by atoms with Crippen LogP contribution in [0.4, 0.5) is 0 Å². The van der Waals surface area contributed by atoms with Crippen molar-refractivity contribution in [3.8, 4) is 0 Å². The number of rotatable bonds is 4. The van der Waals surface area contributed by atoms with Crippen LogP contribution in [0.25, 0.3) is 0 Å². The summed E-state index contributed by atoms with van der Waals surface area (Å²) in [5.74, 6) is 0.777. The lowest BCUT2D eigenvalue weighted by Gasteiger charge is -2.28. The Kier molecular flexibility index (Phi) is 3.28. The van der Waals surface area contributed by atoms with Crippen LogP contribution >= 0.6 is 0 Å². The molecule has 2 aliphatic carbocycles. The predicted molar refractivity (Wildman–Crippen MR) is 71.5 cm³/mol. The van der Waals surface area contributed by atoms with Gasteiger partial charge in [-0.15, -0.1) is 0 Å². The molecule has 2 aliphatic rings. The number of nitrogens with one attached hydrogen (secondary N) is 1. The first-order valence-electron chi connectivity index (χ1n) is 7.17. The van der Waals surface area contributed by atoms with Crippen LogP contribution in [-0.2, 0) is 0 Å². The molecule has 4 unspecified atom stereocenters. The van der Waals surface area contributed by atoms with Crippen LogP contribution in [0.5, 0.6) is 0 Å². The highest BCUT2D eigenvalue weighted by molar-refractivity contribution is 5.95. The Hall–Kier alpha value is -1.78. The molecule has 2 fully saturated rings. The molecular formula is C15H19NO4. The molecule has 5 heteroatoms. The maximum atomic E-state index is 12.1. The number of hydrogen-bond donors (Lipinski definition) is 2. The van der Waals surface area contributed by atoms with Crippen molar-refractivity contribution < 1.29 is 19.1 Å². The van der Waals surface area contributed by atoms with Crippen molar-refractivity contribution in [3.05, 3.63) is 23.7 Å². The van der Waals surface area contributed by atoms with E-state index in [2.05, 4.69) is 5.32 Å². The minimum Gasteiger partial charge on any atom is -0.478 e. The van der Waals surface area contributed by atoms with Crippen LogP contribution in [0.15, 0.2) is 16.7 Å². The SMILES string of the molecule is CC(NC(=O)c1cc(C(=O)O)co1)C1CC2CCC1C2. The second kappa shape index (κ2) is 4.96. The molecule has 0 radical (unpaired) electrons. The molecule has 3 rings (SSSR count). The quantitative estimate of drug-likeness (QED) is 0.886. The Balaban J connectivity index is 1.62. The summed E-state index contributed by atoms with van der Waals surface area (Å²) < 4.78 is 5.02. The summed E-state index contributed by atoms with van der Waals surface area (Å²) in [5, 5.41) is 11.8. The van der Waals surface area contributed by atoms with Crippen molar-refractivity contribution in [1.82, 2.24) is 5.32 Å². The molecule has 20 heavy (non-hydrogen) atoms. The summed E-state index contributed by atoms with van der Waals surface area (Å²) in [6.07, 6.45) is 6.21. The number of furan rings is 1. The van der Waals surface area contributed by atoms with Gasteiger partial charge in [-0.25, -0.2) is 4.79 Å². The third-order valence-corrected chi connectivity index (χ3v) is 4.86. The number of carboxylic acid groups (broad SMARTS) is 1. The molecule has 0 spiro atoms. The van der Waals surface area contributed by atoms with Gasteiger partial charge in [0.1, 0.15) is 6.26 Å². The number of fused-ring (bicyclic) bond motifs is 2. The van der Waals surface area contributed by atoms with Crippen LogP contribution in [0.2, 0.25) is 0 Å². The van der Waals surface area contributed by atoms with Crippen LogP contribution in [0.3, 0.4) is 0 Å². The van der Waals surface area contributed by atoms with E-state index in [0.29, 0.717) is 5.92 Å². The molecule has 1 amide bonds. The molecule has 0 saturated heterocycles. The highest BCUT2D eigenvalue weighted by Gasteiger charge is 2.42. The summed E-state index contributed by atoms with van der Waals surface area (Å²) in [6.45, 7) is 2.03. The molecule has 4 atom stereocenters. The highest BCUT2D eigenvalue weighted by atomic mass is 16.4. The second-order valence-electron chi connectivity index (χ2n) is 6.11. The smallest absolute Gasteiger partial charge is 0.338 e. The van der Waals surface area contributed by atoms with Gasteiger partial charge < -0.3 is 14.8 Å². The van der Waals surface area contributed by atoms with Crippen LogP contribution < -0.4 is 5.32 Å². The zero-order valence-corrected chi connectivity index (χ0v) is 11.5. The maximum absolute atomic E-state index is 12.1. The van der Waals surface area contributed by atoms with Crippen LogP contribution in [0.1, 0.15) is 53.5 Å². The van der Waals surface area contributed by atoms with E-state index in [1.165, 1.54) is 31.7 Å². The number of carbonyl (C=O) groups excluding carboxylic acids is 1. The number of aromatic carboxylic acids is 1. The molecule has 1 aromatic rings. The third kappa shape index (κ3) is 2.32. The van der Waals surface area contributed by atoms with Gasteiger partial charge in [0.15, 0.2) is 5.76 Å². The standard InChI is InChI=1S/C15H19NO4/c1-8(12-5-9-2-3-10(12)4-9)16-14(17)13-6-11(7-20-13)15(18)19/h6-10,12H,2-5H2,1H3,(H,16,17)(H,18,19). The lowest BCUT2D eigenvalue weighted by molar-refractivity contribution is 0.0695. The summed E-state index contributed by atoms with van der Waals surface area (Å²) in [7, 11) is 0. The Morgan fingerprint density at radius 3 is 2.75 bits per heavy atom. The zero-order valence-electron chi connectivity index (χ0n) is 11.5. The van der Waals surface area contributed by atoms with E-state index in [-0.39, 0.29) is 23.3 Å². The molecular weight excluding hydrogens is 258 g/mol. The minimum atomic E-state index is -1.09. The Morgan fingerprint density at radius 2 is 2.20 bits per heavy atom. The minimum absolute atomic E-state index is 0.00252. The Morgan fingerprint density at radius 1 is 1.40 bits per heavy atom.